The lowest BCUT2D eigenvalue weighted by atomic mass is 10.0. The molecule has 2 aliphatic rings. The highest BCUT2D eigenvalue weighted by atomic mass is 19.1. The molecular formula is C47H44FN7O9. The van der Waals surface area contributed by atoms with Crippen molar-refractivity contribution in [2.24, 2.45) is 7.05 Å². The van der Waals surface area contributed by atoms with Crippen molar-refractivity contribution in [1.29, 1.82) is 0 Å². The van der Waals surface area contributed by atoms with E-state index in [1.807, 2.05) is 19.1 Å². The van der Waals surface area contributed by atoms with Gasteiger partial charge in [0.15, 0.2) is 23.1 Å². The third-order valence-electron chi connectivity index (χ3n) is 11.6. The fourth-order valence-corrected chi connectivity index (χ4v) is 8.05. The highest BCUT2D eigenvalue weighted by molar-refractivity contribution is 6.10. The second-order valence-corrected chi connectivity index (χ2v) is 15.5. The van der Waals surface area contributed by atoms with Crippen molar-refractivity contribution >= 4 is 62.7 Å². The Labute approximate surface area is 365 Å². The van der Waals surface area contributed by atoms with E-state index in [1.54, 1.807) is 54.9 Å². The number of carbonyl (C=O) groups excluding carboxylic acids is 5. The minimum atomic E-state index is -0.793. The lowest BCUT2D eigenvalue weighted by Crippen LogP contribution is -2.52. The molecule has 0 bridgehead atoms. The van der Waals surface area contributed by atoms with Gasteiger partial charge < -0.3 is 34.3 Å². The molecule has 2 aromatic heterocycles. The van der Waals surface area contributed by atoms with E-state index in [4.69, 9.17) is 14.2 Å². The topological polar surface area (TPSA) is 200 Å². The number of aryl methyl sites for hydroxylation is 2. The smallest absolute Gasteiger partial charge is 0.261 e. The molecule has 4 aromatic carbocycles. The van der Waals surface area contributed by atoms with Crippen LogP contribution in [-0.2, 0) is 34.4 Å². The number of pyridine rings is 1. The number of hydrogen-bond donors (Lipinski definition) is 3. The Morgan fingerprint density at radius 2 is 1.77 bits per heavy atom. The lowest BCUT2D eigenvalue weighted by molar-refractivity contribution is -0.137. The number of unbranched alkanes of at least 4 members (excludes halogenated alkanes) is 1. The number of hydrogen-bond acceptors (Lipinski definition) is 11. The maximum absolute atomic E-state index is 15.6. The fourth-order valence-electron chi connectivity index (χ4n) is 8.05. The number of nitrogens with zero attached hydrogens (tertiary/aromatic N) is 4. The van der Waals surface area contributed by atoms with Crippen LogP contribution in [0.25, 0.3) is 21.8 Å². The molecule has 0 radical (unpaired) electrons. The zero-order valence-corrected chi connectivity index (χ0v) is 35.5. The molecule has 6 aromatic rings. The first-order valence-corrected chi connectivity index (χ1v) is 20.8. The maximum Gasteiger partial charge on any atom is 0.261 e. The zero-order valence-electron chi connectivity index (χ0n) is 35.5. The van der Waals surface area contributed by atoms with Gasteiger partial charge >= 0.3 is 0 Å². The molecule has 1 atom stereocenters. The van der Waals surface area contributed by atoms with E-state index in [9.17, 15) is 28.8 Å². The summed E-state index contributed by atoms with van der Waals surface area (Å²) in [4.78, 5) is 87.4. The first-order chi connectivity index (χ1) is 30.8. The Hall–Kier alpha value is -7.69. The maximum atomic E-state index is 15.6. The average Bonchev–Trinajstić information content (AvgIpc) is 3.62. The molecule has 2 aliphatic heterocycles. The van der Waals surface area contributed by atoms with E-state index >= 15 is 4.39 Å². The Kier molecular flexibility index (Phi) is 12.1. The van der Waals surface area contributed by atoms with Crippen LogP contribution in [0.4, 0.5) is 15.8 Å². The van der Waals surface area contributed by atoms with Gasteiger partial charge in [0.2, 0.25) is 29.0 Å². The van der Waals surface area contributed by atoms with Gasteiger partial charge in [-0.05, 0) is 80.1 Å². The van der Waals surface area contributed by atoms with Gasteiger partial charge in [-0.2, -0.15) is 0 Å². The minimum Gasteiger partial charge on any atom is -0.493 e. The average molecular weight is 870 g/mol. The molecule has 0 saturated carbocycles. The number of methoxy groups -OCH3 is 1. The summed E-state index contributed by atoms with van der Waals surface area (Å²) in [6.07, 6.45) is 3.48. The quantitative estimate of drug-likeness (QED) is 0.0798. The summed E-state index contributed by atoms with van der Waals surface area (Å²) < 4.78 is 34.9. The molecule has 3 N–H and O–H groups in total. The van der Waals surface area contributed by atoms with Crippen molar-refractivity contribution in [3.8, 4) is 23.1 Å². The molecule has 1 unspecified atom stereocenters. The number of benzene rings is 4. The SMILES string of the molecule is CCc1ccc2c(c1)c(=O)c(C(=O)Nc1ccc(Oc3ncnc4cc(OCCCCC(=O)Nc5cccc6c5C(=O)N(C5CCC(=O)NC5=O)C6)c(OC)cc34)c(F)c1)c(C)n2C. The molecule has 64 heavy (non-hydrogen) atoms. The van der Waals surface area contributed by atoms with Crippen molar-refractivity contribution in [1.82, 2.24) is 24.8 Å². The molecule has 17 heteroatoms. The van der Waals surface area contributed by atoms with Gasteiger partial charge in [0.25, 0.3) is 11.8 Å². The Morgan fingerprint density at radius 3 is 2.53 bits per heavy atom. The summed E-state index contributed by atoms with van der Waals surface area (Å²) >= 11 is 0. The highest BCUT2D eigenvalue weighted by Gasteiger charge is 2.40. The molecule has 0 aliphatic carbocycles. The predicted molar refractivity (Wildman–Crippen MR) is 234 cm³/mol. The Bertz CT molecular complexity index is 2970. The number of aromatic nitrogens is 3. The number of anilines is 2. The first-order valence-electron chi connectivity index (χ1n) is 20.8. The van der Waals surface area contributed by atoms with Gasteiger partial charge in [0.05, 0.1) is 41.4 Å². The Balaban J connectivity index is 0.873. The van der Waals surface area contributed by atoms with Crippen molar-refractivity contribution in [2.45, 2.75) is 65.0 Å². The van der Waals surface area contributed by atoms with Crippen molar-refractivity contribution < 1.29 is 42.6 Å². The van der Waals surface area contributed by atoms with Gasteiger partial charge in [-0.15, -0.1) is 0 Å². The van der Waals surface area contributed by atoms with Crippen LogP contribution in [-0.4, -0.2) is 68.7 Å². The molecule has 0 spiro atoms. The summed E-state index contributed by atoms with van der Waals surface area (Å²) in [6, 6.07) is 17.1. The molecule has 328 valence electrons. The molecular weight excluding hydrogens is 826 g/mol. The van der Waals surface area contributed by atoms with Crippen molar-refractivity contribution in [2.75, 3.05) is 24.4 Å². The lowest BCUT2D eigenvalue weighted by Gasteiger charge is -2.29. The second-order valence-electron chi connectivity index (χ2n) is 15.5. The van der Waals surface area contributed by atoms with E-state index in [1.165, 1.54) is 30.5 Å². The van der Waals surface area contributed by atoms with Crippen LogP contribution in [0.1, 0.15) is 76.6 Å². The van der Waals surface area contributed by atoms with Crippen LogP contribution < -0.4 is 35.6 Å². The van der Waals surface area contributed by atoms with Crippen LogP contribution in [0.5, 0.6) is 23.1 Å². The normalized spacial score (nSPS) is 14.7. The van der Waals surface area contributed by atoms with Crippen LogP contribution >= 0.6 is 0 Å². The predicted octanol–water partition coefficient (Wildman–Crippen LogP) is 6.49. The monoisotopic (exact) mass is 869 g/mol. The number of amides is 5. The van der Waals surface area contributed by atoms with Gasteiger partial charge in [0, 0.05) is 55.3 Å². The number of nitrogens with one attached hydrogen (secondary N) is 3. The fraction of sp³-hybridized carbons (Fsp3) is 0.277. The van der Waals surface area contributed by atoms with E-state index in [2.05, 4.69) is 25.9 Å². The van der Waals surface area contributed by atoms with Gasteiger partial charge in [-0.25, -0.2) is 14.4 Å². The minimum absolute atomic E-state index is 0.0349. The highest BCUT2D eigenvalue weighted by Crippen LogP contribution is 2.37. The number of ether oxygens (including phenoxy) is 3. The third-order valence-corrected chi connectivity index (χ3v) is 11.6. The summed E-state index contributed by atoms with van der Waals surface area (Å²) in [6.45, 7) is 4.10. The van der Waals surface area contributed by atoms with E-state index in [-0.39, 0.29) is 73.0 Å². The third kappa shape index (κ3) is 8.43. The van der Waals surface area contributed by atoms with Crippen LogP contribution in [0, 0.1) is 12.7 Å². The second kappa shape index (κ2) is 18.0. The Morgan fingerprint density at radius 1 is 0.938 bits per heavy atom. The van der Waals surface area contributed by atoms with E-state index in [0.717, 1.165) is 18.1 Å². The van der Waals surface area contributed by atoms with Gasteiger partial charge in [-0.1, -0.05) is 25.1 Å². The number of piperidine rings is 1. The van der Waals surface area contributed by atoms with E-state index < -0.39 is 29.1 Å². The van der Waals surface area contributed by atoms with Crippen molar-refractivity contribution in [3.05, 3.63) is 117 Å². The summed E-state index contributed by atoms with van der Waals surface area (Å²) in [7, 11) is 3.24. The summed E-state index contributed by atoms with van der Waals surface area (Å²) in [5.41, 5.74) is 3.61. The number of rotatable bonds is 14. The molecule has 5 amide bonds. The molecule has 1 saturated heterocycles. The van der Waals surface area contributed by atoms with Gasteiger partial charge in [-0.3, -0.25) is 34.1 Å². The zero-order chi connectivity index (χ0) is 45.2. The van der Waals surface area contributed by atoms with Crippen molar-refractivity contribution in [3.63, 3.8) is 0 Å². The molecule has 1 fully saturated rings. The molecule has 8 rings (SSSR count). The molecule has 4 heterocycles. The first kappa shape index (κ1) is 43.0. The van der Waals surface area contributed by atoms with Crippen LogP contribution in [0.2, 0.25) is 0 Å². The van der Waals surface area contributed by atoms with Crippen LogP contribution in [0.3, 0.4) is 0 Å². The number of halogens is 1. The number of carbonyl (C=O) groups is 5. The summed E-state index contributed by atoms with van der Waals surface area (Å²) in [5.74, 6) is -2.44. The van der Waals surface area contributed by atoms with Crippen LogP contribution in [0.15, 0.2) is 77.9 Å². The summed E-state index contributed by atoms with van der Waals surface area (Å²) in [5, 5.41) is 8.61. The molecule has 16 nitrogen and oxygen atoms in total. The van der Waals surface area contributed by atoms with E-state index in [0.29, 0.717) is 68.7 Å². The van der Waals surface area contributed by atoms with Gasteiger partial charge in [0.1, 0.15) is 17.9 Å². The standard InChI is InChI=1S/C47H44FN7O9/c1-5-26-12-14-34-30(19-26)43(58)41(25(2)54(34)3)45(60)51-28-13-16-36(31(48)20-28)64-46-29-21-37(62-4)38(22-33(29)49-24-50-46)63-18-7-6-11-39(56)52-32-10-8-9-27-23-55(47(61)42(27)32)35-15-17-40(57)53-44(35)59/h8-10,12-14,16,19-22,24,35H,5-7,11,15,17-18,23H2,1-4H3,(H,51,60)(H,52,56)(H,53,57,59). The number of fused-ring (bicyclic) bond motifs is 3. The number of imide groups is 1. The largest absolute Gasteiger partial charge is 0.493 e.